The molecule has 1 saturated heterocycles. The molecule has 2 aromatic rings. The second kappa shape index (κ2) is 6.18. The monoisotopic (exact) mass is 383 g/mol. The zero-order valence-electron chi connectivity index (χ0n) is 14.5. The maximum atomic E-state index is 12.6. The Morgan fingerprint density at radius 1 is 1.24 bits per heavy atom. The topological polar surface area (TPSA) is 64.4 Å². The van der Waals surface area contributed by atoms with Gasteiger partial charge in [-0.15, -0.1) is 0 Å². The van der Waals surface area contributed by atoms with Gasteiger partial charge in [-0.1, -0.05) is 23.2 Å². The Morgan fingerprint density at radius 3 is 2.44 bits per heavy atom. The van der Waals surface area contributed by atoms with Gasteiger partial charge in [0.15, 0.2) is 0 Å². The van der Waals surface area contributed by atoms with Crippen LogP contribution in [0, 0.1) is 0 Å². The third-order valence-corrected chi connectivity index (χ3v) is 4.77. The van der Waals surface area contributed by atoms with Crippen LogP contribution in [0.3, 0.4) is 0 Å². The lowest BCUT2D eigenvalue weighted by atomic mass is 9.99. The van der Waals surface area contributed by atoms with Crippen molar-refractivity contribution in [2.75, 3.05) is 13.1 Å². The van der Waals surface area contributed by atoms with E-state index in [0.717, 1.165) is 0 Å². The quantitative estimate of drug-likeness (QED) is 0.754. The van der Waals surface area contributed by atoms with Crippen molar-refractivity contribution in [2.24, 2.45) is 7.05 Å². The van der Waals surface area contributed by atoms with Crippen LogP contribution in [-0.2, 0) is 11.8 Å². The smallest absolute Gasteiger partial charge is 0.410 e. The van der Waals surface area contributed by atoms with E-state index < -0.39 is 5.60 Å². The molecule has 1 aromatic heterocycles. The number of halogens is 2. The van der Waals surface area contributed by atoms with Gasteiger partial charge in [0.2, 0.25) is 0 Å². The van der Waals surface area contributed by atoms with E-state index in [-0.39, 0.29) is 17.6 Å². The number of likely N-dealkylation sites (tertiary alicyclic amines) is 1. The molecule has 0 saturated carbocycles. The van der Waals surface area contributed by atoms with Gasteiger partial charge in [-0.25, -0.2) is 9.78 Å². The van der Waals surface area contributed by atoms with Crippen LogP contribution in [0.15, 0.2) is 16.9 Å². The minimum Gasteiger partial charge on any atom is -0.444 e. The summed E-state index contributed by atoms with van der Waals surface area (Å²) >= 11 is 12.0. The Labute approximate surface area is 155 Å². The van der Waals surface area contributed by atoms with Crippen LogP contribution in [0.4, 0.5) is 4.79 Å². The van der Waals surface area contributed by atoms with E-state index in [1.54, 1.807) is 18.0 Å². The zero-order chi connectivity index (χ0) is 18.5. The third-order valence-electron chi connectivity index (χ3n) is 4.05. The fourth-order valence-electron chi connectivity index (χ4n) is 2.77. The largest absolute Gasteiger partial charge is 0.444 e. The van der Waals surface area contributed by atoms with Gasteiger partial charge < -0.3 is 9.64 Å². The van der Waals surface area contributed by atoms with Crippen molar-refractivity contribution in [1.29, 1.82) is 0 Å². The zero-order valence-corrected chi connectivity index (χ0v) is 16.0. The van der Waals surface area contributed by atoms with Crippen LogP contribution in [0.25, 0.3) is 10.9 Å². The molecule has 0 unspecified atom stereocenters. The van der Waals surface area contributed by atoms with Crippen LogP contribution < -0.4 is 5.56 Å². The summed E-state index contributed by atoms with van der Waals surface area (Å²) in [5, 5.41) is 1.09. The number of rotatable bonds is 1. The van der Waals surface area contributed by atoms with Crippen LogP contribution in [0.2, 0.25) is 10.0 Å². The van der Waals surface area contributed by atoms with Gasteiger partial charge in [0.05, 0.1) is 26.9 Å². The van der Waals surface area contributed by atoms with Crippen LogP contribution >= 0.6 is 23.2 Å². The number of fused-ring (bicyclic) bond motifs is 1. The first-order valence-electron chi connectivity index (χ1n) is 7.90. The van der Waals surface area contributed by atoms with Crippen molar-refractivity contribution < 1.29 is 9.53 Å². The first-order valence-corrected chi connectivity index (χ1v) is 8.66. The molecule has 1 amide bonds. The van der Waals surface area contributed by atoms with E-state index in [0.29, 0.717) is 39.9 Å². The van der Waals surface area contributed by atoms with E-state index in [2.05, 4.69) is 4.98 Å². The van der Waals surface area contributed by atoms with Crippen molar-refractivity contribution in [3.05, 3.63) is 38.4 Å². The van der Waals surface area contributed by atoms with Gasteiger partial charge in [-0.2, -0.15) is 0 Å². The highest BCUT2D eigenvalue weighted by Gasteiger charge is 2.36. The molecule has 134 valence electrons. The minimum atomic E-state index is -0.535. The van der Waals surface area contributed by atoms with Crippen molar-refractivity contribution in [3.8, 4) is 0 Å². The Morgan fingerprint density at radius 2 is 1.84 bits per heavy atom. The van der Waals surface area contributed by atoms with Gasteiger partial charge >= 0.3 is 6.09 Å². The number of benzene rings is 1. The van der Waals surface area contributed by atoms with Crippen LogP contribution in [0.5, 0.6) is 0 Å². The van der Waals surface area contributed by atoms with Gasteiger partial charge in [0.1, 0.15) is 11.4 Å². The number of hydrogen-bond acceptors (Lipinski definition) is 4. The molecule has 1 aromatic carbocycles. The first-order chi connectivity index (χ1) is 11.6. The second-order valence-corrected chi connectivity index (χ2v) is 8.01. The maximum Gasteiger partial charge on any atom is 0.410 e. The molecule has 0 atom stereocenters. The molecule has 0 bridgehead atoms. The molecule has 6 nitrogen and oxygen atoms in total. The van der Waals surface area contributed by atoms with E-state index in [1.807, 2.05) is 20.8 Å². The molecule has 0 radical (unpaired) electrons. The third kappa shape index (κ3) is 3.46. The fraction of sp³-hybridized carbons (Fsp3) is 0.471. The molecule has 1 aliphatic heterocycles. The first kappa shape index (κ1) is 18.0. The minimum absolute atomic E-state index is 0.0240. The number of amides is 1. The molecule has 0 spiro atoms. The van der Waals surface area contributed by atoms with E-state index in [4.69, 9.17) is 27.9 Å². The van der Waals surface area contributed by atoms with Crippen LogP contribution in [-0.4, -0.2) is 39.2 Å². The normalized spacial score (nSPS) is 15.4. The number of ether oxygens (including phenoxy) is 1. The van der Waals surface area contributed by atoms with Crippen molar-refractivity contribution >= 4 is 40.2 Å². The number of aromatic nitrogens is 2. The van der Waals surface area contributed by atoms with Crippen molar-refractivity contribution in [1.82, 2.24) is 14.5 Å². The summed E-state index contributed by atoms with van der Waals surface area (Å²) in [6.45, 7) is 6.40. The summed E-state index contributed by atoms with van der Waals surface area (Å²) in [4.78, 5) is 30.8. The van der Waals surface area contributed by atoms with Crippen molar-refractivity contribution in [2.45, 2.75) is 32.3 Å². The number of hydrogen-bond donors (Lipinski definition) is 0. The molecule has 25 heavy (non-hydrogen) atoms. The number of nitrogens with zero attached hydrogens (tertiary/aromatic N) is 3. The number of carbonyl (C=O) groups is 1. The fourth-order valence-corrected chi connectivity index (χ4v) is 3.09. The lowest BCUT2D eigenvalue weighted by Gasteiger charge is -2.39. The summed E-state index contributed by atoms with van der Waals surface area (Å²) in [6, 6.07) is 3.13. The lowest BCUT2D eigenvalue weighted by molar-refractivity contribution is 0.00722. The van der Waals surface area contributed by atoms with E-state index >= 15 is 0 Å². The summed E-state index contributed by atoms with van der Waals surface area (Å²) < 4.78 is 6.85. The summed E-state index contributed by atoms with van der Waals surface area (Å²) in [7, 11) is 1.67. The Hall–Kier alpha value is -1.79. The molecule has 1 fully saturated rings. The van der Waals surface area contributed by atoms with Crippen LogP contribution in [0.1, 0.15) is 32.5 Å². The molecular formula is C17H19Cl2N3O3. The predicted molar refractivity (Wildman–Crippen MR) is 97.6 cm³/mol. The summed E-state index contributed by atoms with van der Waals surface area (Å²) in [6.07, 6.45) is -0.357. The highest BCUT2D eigenvalue weighted by molar-refractivity contribution is 6.42. The van der Waals surface area contributed by atoms with E-state index in [9.17, 15) is 9.59 Å². The van der Waals surface area contributed by atoms with E-state index in [1.165, 1.54) is 10.6 Å². The second-order valence-electron chi connectivity index (χ2n) is 7.20. The van der Waals surface area contributed by atoms with Crippen molar-refractivity contribution in [3.63, 3.8) is 0 Å². The highest BCUT2D eigenvalue weighted by atomic mass is 35.5. The van der Waals surface area contributed by atoms with Gasteiger partial charge in [-0.3, -0.25) is 9.36 Å². The standard InChI is InChI=1S/C17H19Cl2N3O3/c1-17(2,3)25-16(24)22-7-9(8-22)14-20-13-6-12(19)11(18)5-10(13)15(23)21(14)4/h5-6,9H,7-8H2,1-4H3. The molecule has 3 rings (SSSR count). The Kier molecular flexibility index (Phi) is 4.45. The Balaban J connectivity index is 1.86. The molecule has 8 heteroatoms. The predicted octanol–water partition coefficient (Wildman–Crippen LogP) is 3.57. The number of carbonyl (C=O) groups excluding carboxylic acids is 1. The Bertz CT molecular complexity index is 912. The molecule has 2 heterocycles. The average molecular weight is 384 g/mol. The molecule has 1 aliphatic rings. The van der Waals surface area contributed by atoms with Gasteiger partial charge in [0, 0.05) is 20.1 Å². The summed E-state index contributed by atoms with van der Waals surface area (Å²) in [5.41, 5.74) is -0.218. The molecular weight excluding hydrogens is 365 g/mol. The maximum absolute atomic E-state index is 12.6. The molecule has 0 N–H and O–H groups in total. The highest BCUT2D eigenvalue weighted by Crippen LogP contribution is 2.29. The average Bonchev–Trinajstić information content (AvgIpc) is 2.43. The van der Waals surface area contributed by atoms with Gasteiger partial charge in [0.25, 0.3) is 5.56 Å². The molecule has 0 aliphatic carbocycles. The SMILES string of the molecule is Cn1c(C2CN(C(=O)OC(C)(C)C)C2)nc2cc(Cl)c(Cl)cc2c1=O. The van der Waals surface area contributed by atoms with Gasteiger partial charge in [-0.05, 0) is 32.9 Å². The summed E-state index contributed by atoms with van der Waals surface area (Å²) in [5.74, 6) is 0.597. The lowest BCUT2D eigenvalue weighted by Crippen LogP contribution is -2.51.